The molecule has 2 N–H and O–H groups in total. The zero-order valence-corrected chi connectivity index (χ0v) is 18.7. The summed E-state index contributed by atoms with van der Waals surface area (Å²) in [6, 6.07) is 0.607. The molecule has 6 heteroatoms. The summed E-state index contributed by atoms with van der Waals surface area (Å²) < 4.78 is 0. The fraction of sp³-hybridized carbons (Fsp3) is 0.944. The van der Waals surface area contributed by atoms with Crippen molar-refractivity contribution >= 4 is 41.7 Å². The molecular weight excluding hydrogens is 431 g/mol. The van der Waals surface area contributed by atoms with Crippen LogP contribution in [0, 0.1) is 0 Å². The molecule has 142 valence electrons. The minimum Gasteiger partial charge on any atom is -0.357 e. The minimum absolute atomic E-state index is 0. The molecule has 0 spiro atoms. The predicted octanol–water partition coefficient (Wildman–Crippen LogP) is 3.71. The van der Waals surface area contributed by atoms with E-state index in [1.807, 2.05) is 11.8 Å². The Morgan fingerprint density at radius 1 is 1.17 bits per heavy atom. The molecule has 2 aliphatic rings. The normalized spacial score (nSPS) is 25.8. The van der Waals surface area contributed by atoms with Gasteiger partial charge in [0.15, 0.2) is 5.96 Å². The van der Waals surface area contributed by atoms with E-state index in [-0.39, 0.29) is 24.0 Å². The van der Waals surface area contributed by atoms with Gasteiger partial charge >= 0.3 is 0 Å². The molecule has 0 amide bonds. The van der Waals surface area contributed by atoms with E-state index in [2.05, 4.69) is 28.7 Å². The number of guanidine groups is 1. The second-order valence-corrected chi connectivity index (χ2v) is 8.02. The number of thioether (sulfide) groups is 1. The van der Waals surface area contributed by atoms with Crippen molar-refractivity contribution in [1.29, 1.82) is 0 Å². The molecule has 2 atom stereocenters. The van der Waals surface area contributed by atoms with Gasteiger partial charge in [-0.3, -0.25) is 4.99 Å². The van der Waals surface area contributed by atoms with Crippen LogP contribution in [0.25, 0.3) is 0 Å². The van der Waals surface area contributed by atoms with Gasteiger partial charge < -0.3 is 15.5 Å². The number of halogens is 1. The molecule has 1 saturated heterocycles. The monoisotopic (exact) mass is 468 g/mol. The lowest BCUT2D eigenvalue weighted by molar-refractivity contribution is 0.283. The first-order valence-electron chi connectivity index (χ1n) is 9.61. The van der Waals surface area contributed by atoms with E-state index in [4.69, 9.17) is 4.99 Å². The van der Waals surface area contributed by atoms with Crippen molar-refractivity contribution in [2.45, 2.75) is 69.6 Å². The summed E-state index contributed by atoms with van der Waals surface area (Å²) in [7, 11) is 0. The van der Waals surface area contributed by atoms with Crippen LogP contribution in [0.4, 0.5) is 0 Å². The molecule has 0 bridgehead atoms. The zero-order valence-electron chi connectivity index (χ0n) is 15.6. The van der Waals surface area contributed by atoms with Crippen molar-refractivity contribution in [3.05, 3.63) is 0 Å². The van der Waals surface area contributed by atoms with Crippen LogP contribution in [0.2, 0.25) is 0 Å². The maximum absolute atomic E-state index is 4.80. The third-order valence-electron chi connectivity index (χ3n) is 5.00. The Labute approximate surface area is 170 Å². The van der Waals surface area contributed by atoms with Crippen LogP contribution in [0.1, 0.15) is 58.3 Å². The highest BCUT2D eigenvalue weighted by molar-refractivity contribution is 14.0. The van der Waals surface area contributed by atoms with Gasteiger partial charge in [0.2, 0.25) is 0 Å². The smallest absolute Gasteiger partial charge is 0.191 e. The Bertz CT molecular complexity index is 346. The van der Waals surface area contributed by atoms with E-state index in [0.29, 0.717) is 6.04 Å². The lowest BCUT2D eigenvalue weighted by Gasteiger charge is -2.19. The third kappa shape index (κ3) is 8.61. The second kappa shape index (κ2) is 13.5. The number of rotatable bonds is 7. The van der Waals surface area contributed by atoms with Crippen LogP contribution in [-0.2, 0) is 0 Å². The zero-order chi connectivity index (χ0) is 16.3. The van der Waals surface area contributed by atoms with Crippen molar-refractivity contribution in [3.8, 4) is 0 Å². The first-order valence-corrected chi connectivity index (χ1v) is 10.9. The lowest BCUT2D eigenvalue weighted by Crippen LogP contribution is -2.42. The van der Waals surface area contributed by atoms with E-state index in [0.717, 1.165) is 24.3 Å². The molecule has 2 unspecified atom stereocenters. The average molecular weight is 468 g/mol. The number of hydrogen-bond donors (Lipinski definition) is 2. The number of likely N-dealkylation sites (tertiary alicyclic amines) is 1. The van der Waals surface area contributed by atoms with Gasteiger partial charge in [0.1, 0.15) is 0 Å². The highest BCUT2D eigenvalue weighted by Gasteiger charge is 2.24. The Hall–Kier alpha value is 0.310. The summed E-state index contributed by atoms with van der Waals surface area (Å²) in [4.78, 5) is 7.42. The lowest BCUT2D eigenvalue weighted by atomic mass is 10.2. The molecule has 0 aromatic rings. The summed E-state index contributed by atoms with van der Waals surface area (Å²) >= 11 is 2.01. The van der Waals surface area contributed by atoms with E-state index in [1.54, 1.807) is 0 Å². The summed E-state index contributed by atoms with van der Waals surface area (Å²) in [5.74, 6) is 1.02. The maximum atomic E-state index is 4.80. The highest BCUT2D eigenvalue weighted by atomic mass is 127. The fourth-order valence-electron chi connectivity index (χ4n) is 3.64. The summed E-state index contributed by atoms with van der Waals surface area (Å²) in [6.45, 7) is 7.82. The molecule has 1 saturated carbocycles. The molecule has 1 aliphatic carbocycles. The fourth-order valence-corrected chi connectivity index (χ4v) is 4.44. The van der Waals surface area contributed by atoms with Gasteiger partial charge in [-0.2, -0.15) is 11.8 Å². The molecule has 0 aromatic carbocycles. The largest absolute Gasteiger partial charge is 0.357 e. The molecule has 4 nitrogen and oxygen atoms in total. The summed E-state index contributed by atoms with van der Waals surface area (Å²) in [5.41, 5.74) is 0. The SMILES string of the molecule is CCNC(=NCCCN1CCCCCC1)NC1CCC(SC)C1.I. The first kappa shape index (κ1) is 22.4. The average Bonchev–Trinajstić information content (AvgIpc) is 2.85. The van der Waals surface area contributed by atoms with Crippen LogP contribution in [0.3, 0.4) is 0 Å². The number of nitrogens with one attached hydrogen (secondary N) is 2. The topological polar surface area (TPSA) is 39.7 Å². The molecule has 24 heavy (non-hydrogen) atoms. The van der Waals surface area contributed by atoms with Crippen LogP contribution < -0.4 is 10.6 Å². The molecule has 1 heterocycles. The molecule has 2 rings (SSSR count). The van der Waals surface area contributed by atoms with Gasteiger partial charge in [-0.25, -0.2) is 0 Å². The van der Waals surface area contributed by atoms with Crippen molar-refractivity contribution in [3.63, 3.8) is 0 Å². The van der Waals surface area contributed by atoms with Crippen molar-refractivity contribution in [1.82, 2.24) is 15.5 Å². The number of hydrogen-bond acceptors (Lipinski definition) is 3. The standard InChI is InChI=1S/C18H36N4S.HI/c1-3-19-18(21-16-9-10-17(15-16)23-2)20-11-8-14-22-12-6-4-5-7-13-22;/h16-17H,3-15H2,1-2H3,(H2,19,20,21);1H. The Morgan fingerprint density at radius 2 is 1.92 bits per heavy atom. The Morgan fingerprint density at radius 3 is 2.54 bits per heavy atom. The summed E-state index contributed by atoms with van der Waals surface area (Å²) in [6.07, 6.45) is 12.9. The van der Waals surface area contributed by atoms with E-state index < -0.39 is 0 Å². The predicted molar refractivity (Wildman–Crippen MR) is 119 cm³/mol. The van der Waals surface area contributed by atoms with Gasteiger partial charge in [-0.15, -0.1) is 24.0 Å². The van der Waals surface area contributed by atoms with Crippen LogP contribution in [0.5, 0.6) is 0 Å². The molecule has 1 aliphatic heterocycles. The van der Waals surface area contributed by atoms with Crippen LogP contribution in [0.15, 0.2) is 4.99 Å². The van der Waals surface area contributed by atoms with Gasteiger partial charge in [0.25, 0.3) is 0 Å². The molecule has 2 fully saturated rings. The van der Waals surface area contributed by atoms with Gasteiger partial charge in [0, 0.05) is 24.4 Å². The van der Waals surface area contributed by atoms with Gasteiger partial charge in [0.05, 0.1) is 0 Å². The quantitative estimate of drug-likeness (QED) is 0.259. The van der Waals surface area contributed by atoms with Crippen molar-refractivity contribution < 1.29 is 0 Å². The van der Waals surface area contributed by atoms with E-state index in [9.17, 15) is 0 Å². The summed E-state index contributed by atoms with van der Waals surface area (Å²) in [5, 5.41) is 7.88. The van der Waals surface area contributed by atoms with Crippen molar-refractivity contribution in [2.75, 3.05) is 39.0 Å². The van der Waals surface area contributed by atoms with E-state index >= 15 is 0 Å². The van der Waals surface area contributed by atoms with Crippen LogP contribution >= 0.6 is 35.7 Å². The Balaban J connectivity index is 0.00000288. The van der Waals surface area contributed by atoms with Crippen molar-refractivity contribution in [2.24, 2.45) is 4.99 Å². The molecule has 0 radical (unpaired) electrons. The molecule has 0 aromatic heterocycles. The molecular formula is C18H37IN4S. The van der Waals surface area contributed by atoms with E-state index in [1.165, 1.54) is 71.0 Å². The maximum Gasteiger partial charge on any atom is 0.191 e. The second-order valence-electron chi connectivity index (χ2n) is 6.88. The minimum atomic E-state index is 0. The van der Waals surface area contributed by atoms with Gasteiger partial charge in [-0.1, -0.05) is 12.8 Å². The highest BCUT2D eigenvalue weighted by Crippen LogP contribution is 2.27. The Kier molecular flexibility index (Phi) is 12.6. The third-order valence-corrected chi connectivity index (χ3v) is 6.10. The number of nitrogens with zero attached hydrogens (tertiary/aromatic N) is 2. The number of aliphatic imine (C=N–C) groups is 1. The first-order chi connectivity index (χ1) is 11.3. The van der Waals surface area contributed by atoms with Crippen LogP contribution in [-0.4, -0.2) is 61.1 Å². The van der Waals surface area contributed by atoms with Gasteiger partial charge in [-0.05, 0) is 71.3 Å².